The van der Waals surface area contributed by atoms with Crippen LogP contribution in [0.4, 0.5) is 5.69 Å². The topological polar surface area (TPSA) is 29.3 Å². The molecule has 0 heterocycles. The molecule has 2 rings (SSSR count). The largest absolute Gasteiger partial charge is 0.389 e. The van der Waals surface area contributed by atoms with Gasteiger partial charge in [-0.2, -0.15) is 0 Å². The van der Waals surface area contributed by atoms with Crippen molar-refractivity contribution in [3.8, 4) is 0 Å². The SMILES string of the molecule is Cc1ccc(C(N)=S)c(N(C)CCc2ccccc2)c1. The van der Waals surface area contributed by atoms with Gasteiger partial charge in [0, 0.05) is 24.8 Å². The van der Waals surface area contributed by atoms with Crippen LogP contribution in [0.15, 0.2) is 48.5 Å². The first-order valence-corrected chi connectivity index (χ1v) is 7.14. The summed E-state index contributed by atoms with van der Waals surface area (Å²) in [4.78, 5) is 2.67. The van der Waals surface area contributed by atoms with E-state index in [1.807, 2.05) is 18.2 Å². The van der Waals surface area contributed by atoms with E-state index >= 15 is 0 Å². The molecule has 0 atom stereocenters. The summed E-state index contributed by atoms with van der Waals surface area (Å²) in [6.45, 7) is 3.01. The van der Waals surface area contributed by atoms with Crippen LogP contribution in [0.2, 0.25) is 0 Å². The maximum Gasteiger partial charge on any atom is 0.106 e. The average molecular weight is 284 g/mol. The smallest absolute Gasteiger partial charge is 0.106 e. The Bertz CT molecular complexity index is 593. The molecule has 0 spiro atoms. The molecule has 0 aliphatic carbocycles. The second-order valence-corrected chi connectivity index (χ2v) is 5.48. The molecule has 0 saturated heterocycles. The van der Waals surface area contributed by atoms with Gasteiger partial charge < -0.3 is 10.6 Å². The summed E-state index contributed by atoms with van der Waals surface area (Å²) in [5.41, 5.74) is 10.4. The quantitative estimate of drug-likeness (QED) is 0.854. The van der Waals surface area contributed by atoms with Gasteiger partial charge in [0.1, 0.15) is 4.99 Å². The molecule has 0 bridgehead atoms. The monoisotopic (exact) mass is 284 g/mol. The first kappa shape index (κ1) is 14.5. The zero-order valence-corrected chi connectivity index (χ0v) is 12.8. The van der Waals surface area contributed by atoms with Gasteiger partial charge in [-0.05, 0) is 36.6 Å². The zero-order chi connectivity index (χ0) is 14.5. The predicted octanol–water partition coefficient (Wildman–Crippen LogP) is 3.31. The lowest BCUT2D eigenvalue weighted by Crippen LogP contribution is -2.24. The maximum absolute atomic E-state index is 5.81. The number of nitrogens with zero attached hydrogens (tertiary/aromatic N) is 1. The second kappa shape index (κ2) is 6.53. The van der Waals surface area contributed by atoms with Crippen LogP contribution < -0.4 is 10.6 Å². The molecule has 2 nitrogen and oxygen atoms in total. The lowest BCUT2D eigenvalue weighted by Gasteiger charge is -2.22. The van der Waals surface area contributed by atoms with Gasteiger partial charge in [0.15, 0.2) is 0 Å². The lowest BCUT2D eigenvalue weighted by atomic mass is 10.1. The van der Waals surface area contributed by atoms with E-state index in [9.17, 15) is 0 Å². The molecule has 0 aromatic heterocycles. The van der Waals surface area contributed by atoms with Crippen LogP contribution in [0.5, 0.6) is 0 Å². The molecule has 0 aliphatic heterocycles. The van der Waals surface area contributed by atoms with Crippen LogP contribution in [0.3, 0.4) is 0 Å². The van der Waals surface area contributed by atoms with Crippen LogP contribution in [0.1, 0.15) is 16.7 Å². The van der Waals surface area contributed by atoms with Crippen molar-refractivity contribution in [2.45, 2.75) is 13.3 Å². The summed E-state index contributed by atoms with van der Waals surface area (Å²) in [6, 6.07) is 16.7. The van der Waals surface area contributed by atoms with Gasteiger partial charge >= 0.3 is 0 Å². The molecule has 0 radical (unpaired) electrons. The number of benzene rings is 2. The summed E-state index contributed by atoms with van der Waals surface area (Å²) in [5, 5.41) is 0. The Morgan fingerprint density at radius 2 is 1.85 bits per heavy atom. The predicted molar refractivity (Wildman–Crippen MR) is 90.5 cm³/mol. The van der Waals surface area contributed by atoms with Gasteiger partial charge in [-0.3, -0.25) is 0 Å². The van der Waals surface area contributed by atoms with Crippen molar-refractivity contribution >= 4 is 22.9 Å². The highest BCUT2D eigenvalue weighted by atomic mass is 32.1. The van der Waals surface area contributed by atoms with Gasteiger partial charge in [-0.15, -0.1) is 0 Å². The van der Waals surface area contributed by atoms with Crippen molar-refractivity contribution < 1.29 is 0 Å². The molecule has 2 aromatic carbocycles. The average Bonchev–Trinajstić information content (AvgIpc) is 2.45. The van der Waals surface area contributed by atoms with Crippen molar-refractivity contribution in [1.29, 1.82) is 0 Å². The Balaban J connectivity index is 2.14. The first-order chi connectivity index (χ1) is 9.58. The van der Waals surface area contributed by atoms with E-state index < -0.39 is 0 Å². The van der Waals surface area contributed by atoms with Crippen molar-refractivity contribution in [2.24, 2.45) is 5.73 Å². The van der Waals surface area contributed by atoms with E-state index in [1.54, 1.807) is 0 Å². The Labute approximate surface area is 126 Å². The first-order valence-electron chi connectivity index (χ1n) is 6.73. The number of anilines is 1. The summed E-state index contributed by atoms with van der Waals surface area (Å²) in [5.74, 6) is 0. The fraction of sp³-hybridized carbons (Fsp3) is 0.235. The van der Waals surface area contributed by atoms with Crippen LogP contribution in [-0.2, 0) is 6.42 Å². The summed E-state index contributed by atoms with van der Waals surface area (Å²) in [6.07, 6.45) is 1.00. The van der Waals surface area contributed by atoms with Crippen molar-refractivity contribution in [3.63, 3.8) is 0 Å². The summed E-state index contributed by atoms with van der Waals surface area (Å²) >= 11 is 5.14. The van der Waals surface area contributed by atoms with Crippen LogP contribution in [0.25, 0.3) is 0 Å². The van der Waals surface area contributed by atoms with E-state index in [1.165, 1.54) is 11.1 Å². The van der Waals surface area contributed by atoms with E-state index in [2.05, 4.69) is 49.2 Å². The van der Waals surface area contributed by atoms with E-state index in [0.29, 0.717) is 4.99 Å². The van der Waals surface area contributed by atoms with Gasteiger partial charge in [-0.25, -0.2) is 0 Å². The zero-order valence-electron chi connectivity index (χ0n) is 12.0. The molecule has 0 saturated carbocycles. The highest BCUT2D eigenvalue weighted by molar-refractivity contribution is 7.80. The maximum atomic E-state index is 5.81. The normalized spacial score (nSPS) is 10.3. The fourth-order valence-corrected chi connectivity index (χ4v) is 2.40. The number of thiocarbonyl (C=S) groups is 1. The van der Waals surface area contributed by atoms with Crippen LogP contribution in [0, 0.1) is 6.92 Å². The van der Waals surface area contributed by atoms with E-state index in [4.69, 9.17) is 18.0 Å². The Morgan fingerprint density at radius 3 is 2.50 bits per heavy atom. The summed E-state index contributed by atoms with van der Waals surface area (Å²) in [7, 11) is 2.08. The number of hydrogen-bond acceptors (Lipinski definition) is 2. The highest BCUT2D eigenvalue weighted by Crippen LogP contribution is 2.21. The van der Waals surface area contributed by atoms with E-state index in [-0.39, 0.29) is 0 Å². The number of rotatable bonds is 5. The molecule has 0 unspecified atom stereocenters. The number of nitrogens with two attached hydrogens (primary N) is 1. The third-order valence-corrected chi connectivity index (χ3v) is 3.63. The van der Waals surface area contributed by atoms with Crippen molar-refractivity contribution in [2.75, 3.05) is 18.5 Å². The molecule has 2 aromatic rings. The van der Waals surface area contributed by atoms with Crippen LogP contribution >= 0.6 is 12.2 Å². The molecule has 2 N–H and O–H groups in total. The van der Waals surface area contributed by atoms with Gasteiger partial charge in [0.25, 0.3) is 0 Å². The molecule has 0 fully saturated rings. The van der Waals surface area contributed by atoms with Crippen molar-refractivity contribution in [1.82, 2.24) is 0 Å². The number of hydrogen-bond donors (Lipinski definition) is 1. The third kappa shape index (κ3) is 3.58. The standard InChI is InChI=1S/C17H20N2S/c1-13-8-9-15(17(18)20)16(12-13)19(2)11-10-14-6-4-3-5-7-14/h3-9,12H,10-11H2,1-2H3,(H2,18,20). The minimum absolute atomic E-state index is 0.451. The number of aryl methyl sites for hydroxylation is 1. The highest BCUT2D eigenvalue weighted by Gasteiger charge is 2.10. The van der Waals surface area contributed by atoms with Gasteiger partial charge in [-0.1, -0.05) is 48.6 Å². The molecular formula is C17H20N2S. The molecule has 20 heavy (non-hydrogen) atoms. The second-order valence-electron chi connectivity index (χ2n) is 5.04. The van der Waals surface area contributed by atoms with E-state index in [0.717, 1.165) is 24.2 Å². The van der Waals surface area contributed by atoms with Crippen molar-refractivity contribution in [3.05, 3.63) is 65.2 Å². The molecule has 3 heteroatoms. The molecule has 0 aliphatic rings. The Kier molecular flexibility index (Phi) is 4.74. The van der Waals surface area contributed by atoms with Crippen LogP contribution in [-0.4, -0.2) is 18.6 Å². The Morgan fingerprint density at radius 1 is 1.15 bits per heavy atom. The fourth-order valence-electron chi connectivity index (χ4n) is 2.23. The van der Waals surface area contributed by atoms with Gasteiger partial charge in [0.2, 0.25) is 0 Å². The minimum Gasteiger partial charge on any atom is -0.389 e. The Hall–Kier alpha value is -1.87. The molecular weight excluding hydrogens is 264 g/mol. The van der Waals surface area contributed by atoms with Gasteiger partial charge in [0.05, 0.1) is 0 Å². The minimum atomic E-state index is 0.451. The molecule has 0 amide bonds. The lowest BCUT2D eigenvalue weighted by molar-refractivity contribution is 0.875. The third-order valence-electron chi connectivity index (χ3n) is 3.41. The number of likely N-dealkylation sites (N-methyl/N-ethyl adjacent to an activating group) is 1. The molecule has 104 valence electrons. The summed E-state index contributed by atoms with van der Waals surface area (Å²) < 4.78 is 0.